The van der Waals surface area contributed by atoms with Crippen LogP contribution in [0.1, 0.15) is 11.3 Å². The van der Waals surface area contributed by atoms with Crippen LogP contribution >= 0.6 is 34.0 Å². The molecule has 0 amide bonds. The van der Waals surface area contributed by atoms with Gasteiger partial charge in [0.1, 0.15) is 5.82 Å². The lowest BCUT2D eigenvalue weighted by atomic mass is 10.1. The molecule has 0 bridgehead atoms. The lowest BCUT2D eigenvalue weighted by Crippen LogP contribution is -2.25. The second-order valence-electron chi connectivity index (χ2n) is 2.67. The minimum atomic E-state index is 0. The van der Waals surface area contributed by atoms with Gasteiger partial charge in [-0.15, -0.1) is 39.1 Å². The van der Waals surface area contributed by atoms with Crippen LogP contribution in [0.3, 0.4) is 0 Å². The van der Waals surface area contributed by atoms with Gasteiger partial charge in [-0.2, -0.15) is 5.10 Å². The predicted molar refractivity (Wildman–Crippen MR) is 62.5 cm³/mol. The van der Waals surface area contributed by atoms with Crippen molar-refractivity contribution in [3.05, 3.63) is 17.3 Å². The highest BCUT2D eigenvalue weighted by Gasteiger charge is 2.09. The van der Waals surface area contributed by atoms with Gasteiger partial charge in [-0.05, 0) is 11.6 Å². The van der Waals surface area contributed by atoms with Gasteiger partial charge in [-0.3, -0.25) is 0 Å². The van der Waals surface area contributed by atoms with Crippen LogP contribution in [-0.2, 0) is 13.0 Å². The van der Waals surface area contributed by atoms with Crippen molar-refractivity contribution in [2.45, 2.75) is 13.0 Å². The first kappa shape index (κ1) is 12.8. The number of rotatable bonds is 0. The molecule has 0 unspecified atom stereocenters. The van der Waals surface area contributed by atoms with Gasteiger partial charge >= 0.3 is 0 Å². The number of nitrogen functional groups attached to an aromatic ring is 1. The van der Waals surface area contributed by atoms with Crippen molar-refractivity contribution >= 4 is 39.8 Å². The Morgan fingerprint density at radius 2 is 2.08 bits per heavy atom. The molecule has 0 aliphatic carbocycles. The molecule has 0 saturated carbocycles. The molecule has 4 nitrogen and oxygen atoms in total. The van der Waals surface area contributed by atoms with E-state index in [4.69, 9.17) is 5.73 Å². The summed E-state index contributed by atoms with van der Waals surface area (Å²) in [7, 11) is 0. The highest BCUT2D eigenvalue weighted by Crippen LogP contribution is 2.11. The zero-order valence-corrected chi connectivity index (χ0v) is 10.4. The molecule has 13 heavy (non-hydrogen) atoms. The fourth-order valence-corrected chi connectivity index (χ4v) is 1.27. The number of hydrogen-bond donors (Lipinski definition) is 2. The number of halogens is 2. The predicted octanol–water partition coefficient (Wildman–Crippen LogP) is 0.860. The van der Waals surface area contributed by atoms with E-state index in [-0.39, 0.29) is 34.0 Å². The summed E-state index contributed by atoms with van der Waals surface area (Å²) in [6, 6.07) is 1.88. The van der Waals surface area contributed by atoms with Crippen LogP contribution in [0.2, 0.25) is 0 Å². The number of hydrogen-bond acceptors (Lipinski definition) is 4. The van der Waals surface area contributed by atoms with Gasteiger partial charge in [-0.25, -0.2) is 0 Å². The minimum absolute atomic E-state index is 0. The first-order valence-electron chi connectivity index (χ1n) is 3.68. The Labute approximate surface area is 97.8 Å². The zero-order valence-electron chi connectivity index (χ0n) is 6.99. The molecular weight excluding hydrogens is 300 g/mol. The fourth-order valence-electron chi connectivity index (χ4n) is 1.27. The highest BCUT2D eigenvalue weighted by atomic mass is 79.9. The smallest absolute Gasteiger partial charge is 0.146 e. The molecule has 1 aromatic heterocycles. The third-order valence-electron chi connectivity index (χ3n) is 1.83. The van der Waals surface area contributed by atoms with Gasteiger partial charge in [0.2, 0.25) is 0 Å². The summed E-state index contributed by atoms with van der Waals surface area (Å²) in [5, 5.41) is 11.0. The maximum absolute atomic E-state index is 5.48. The molecule has 0 spiro atoms. The maximum atomic E-state index is 5.48. The van der Waals surface area contributed by atoms with Gasteiger partial charge in [0.05, 0.1) is 5.69 Å². The maximum Gasteiger partial charge on any atom is 0.146 e. The number of nitrogens with two attached hydrogens (primary N) is 1. The minimum Gasteiger partial charge on any atom is -0.382 e. The monoisotopic (exact) mass is 310 g/mol. The van der Waals surface area contributed by atoms with Crippen molar-refractivity contribution in [2.75, 3.05) is 12.3 Å². The van der Waals surface area contributed by atoms with E-state index in [0.29, 0.717) is 5.82 Å². The van der Waals surface area contributed by atoms with Gasteiger partial charge in [0.15, 0.2) is 0 Å². The molecule has 2 rings (SSSR count). The molecule has 0 radical (unpaired) electrons. The zero-order chi connectivity index (χ0) is 7.68. The van der Waals surface area contributed by atoms with E-state index in [1.807, 2.05) is 6.07 Å². The average molecular weight is 312 g/mol. The van der Waals surface area contributed by atoms with E-state index < -0.39 is 0 Å². The number of aromatic nitrogens is 2. The van der Waals surface area contributed by atoms with Crippen molar-refractivity contribution < 1.29 is 0 Å². The van der Waals surface area contributed by atoms with Crippen LogP contribution in [0, 0.1) is 0 Å². The topological polar surface area (TPSA) is 63.8 Å². The van der Waals surface area contributed by atoms with Gasteiger partial charge in [0, 0.05) is 19.5 Å². The number of fused-ring (bicyclic) bond motifs is 1. The summed E-state index contributed by atoms with van der Waals surface area (Å²) < 4.78 is 0. The van der Waals surface area contributed by atoms with Crippen molar-refractivity contribution in [2.24, 2.45) is 0 Å². The van der Waals surface area contributed by atoms with Crippen molar-refractivity contribution in [3.8, 4) is 0 Å². The summed E-state index contributed by atoms with van der Waals surface area (Å²) >= 11 is 0. The molecule has 2 heterocycles. The highest BCUT2D eigenvalue weighted by molar-refractivity contribution is 8.93. The second kappa shape index (κ2) is 5.51. The molecule has 6 heteroatoms. The SMILES string of the molecule is Br.Br.Nc1cc2c(nn1)CCNC2. The van der Waals surface area contributed by atoms with Crippen LogP contribution in [-0.4, -0.2) is 16.7 Å². The molecule has 0 atom stereocenters. The number of nitrogens with zero attached hydrogens (tertiary/aromatic N) is 2. The molecule has 1 aliphatic heterocycles. The quantitative estimate of drug-likeness (QED) is 0.746. The van der Waals surface area contributed by atoms with E-state index in [1.54, 1.807) is 0 Å². The Bertz CT molecular complexity index is 279. The molecule has 1 aromatic rings. The Morgan fingerprint density at radius 1 is 1.31 bits per heavy atom. The van der Waals surface area contributed by atoms with Crippen molar-refractivity contribution in [3.63, 3.8) is 0 Å². The average Bonchev–Trinajstić information content (AvgIpc) is 2.04. The van der Waals surface area contributed by atoms with Crippen molar-refractivity contribution in [1.29, 1.82) is 0 Å². The fraction of sp³-hybridized carbons (Fsp3) is 0.429. The third-order valence-corrected chi connectivity index (χ3v) is 1.83. The van der Waals surface area contributed by atoms with E-state index in [0.717, 1.165) is 25.2 Å². The van der Waals surface area contributed by atoms with Crippen LogP contribution in [0.4, 0.5) is 5.82 Å². The van der Waals surface area contributed by atoms with Gasteiger partial charge in [-0.1, -0.05) is 0 Å². The van der Waals surface area contributed by atoms with E-state index in [9.17, 15) is 0 Å². The van der Waals surface area contributed by atoms with Gasteiger partial charge in [0.25, 0.3) is 0 Å². The third kappa shape index (κ3) is 2.89. The van der Waals surface area contributed by atoms with Crippen LogP contribution < -0.4 is 11.1 Å². The number of nitrogens with one attached hydrogen (secondary N) is 1. The first-order valence-corrected chi connectivity index (χ1v) is 3.68. The van der Waals surface area contributed by atoms with Gasteiger partial charge < -0.3 is 11.1 Å². The second-order valence-corrected chi connectivity index (χ2v) is 2.67. The summed E-state index contributed by atoms with van der Waals surface area (Å²) in [5.74, 6) is 0.507. The molecule has 3 N–H and O–H groups in total. The normalized spacial score (nSPS) is 13.5. The van der Waals surface area contributed by atoms with Crippen LogP contribution in [0.15, 0.2) is 6.07 Å². The Hall–Kier alpha value is -0.200. The molecular formula is C7H12Br2N4. The lowest BCUT2D eigenvalue weighted by Gasteiger charge is -2.14. The standard InChI is InChI=1S/C7H10N4.2BrH/c8-7-3-5-4-9-2-1-6(5)10-11-7;;/h3,9H,1-2,4H2,(H2,8,11);2*1H. The summed E-state index contributed by atoms with van der Waals surface area (Å²) in [6.45, 7) is 1.86. The van der Waals surface area contributed by atoms with E-state index in [2.05, 4.69) is 15.5 Å². The summed E-state index contributed by atoms with van der Waals surface area (Å²) in [4.78, 5) is 0. The number of anilines is 1. The van der Waals surface area contributed by atoms with E-state index >= 15 is 0 Å². The van der Waals surface area contributed by atoms with Crippen LogP contribution in [0.5, 0.6) is 0 Å². The Balaban J connectivity index is 0.000000720. The van der Waals surface area contributed by atoms with E-state index in [1.165, 1.54) is 5.56 Å². The largest absolute Gasteiger partial charge is 0.382 e. The Morgan fingerprint density at radius 3 is 2.85 bits per heavy atom. The molecule has 0 aromatic carbocycles. The first-order chi connectivity index (χ1) is 5.36. The molecule has 0 saturated heterocycles. The molecule has 1 aliphatic rings. The summed E-state index contributed by atoms with van der Waals surface area (Å²) in [6.07, 6.45) is 0.961. The summed E-state index contributed by atoms with van der Waals surface area (Å²) in [5.41, 5.74) is 7.75. The lowest BCUT2D eigenvalue weighted by molar-refractivity contribution is 0.621. The van der Waals surface area contributed by atoms with Crippen molar-refractivity contribution in [1.82, 2.24) is 15.5 Å². The van der Waals surface area contributed by atoms with Crippen LogP contribution in [0.25, 0.3) is 0 Å². The molecule has 0 fully saturated rings. The molecule has 74 valence electrons. The Kier molecular flexibility index (Phi) is 5.43.